The van der Waals surface area contributed by atoms with Crippen LogP contribution < -0.4 is 4.72 Å². The number of aromatic nitrogens is 1. The third-order valence-electron chi connectivity index (χ3n) is 4.97. The highest BCUT2D eigenvalue weighted by molar-refractivity contribution is 7.92. The third kappa shape index (κ3) is 3.81. The minimum atomic E-state index is -3.75. The molecule has 2 heterocycles. The molecule has 0 atom stereocenters. The number of nitrogens with zero attached hydrogens (tertiary/aromatic N) is 2. The number of fused-ring (bicyclic) bond motifs is 1. The SMILES string of the molecule is Cc1ccncc1-c1ccc(NS(=O)(=O)CCN2C(=O)c3ccccc3C2=O)cc1. The predicted molar refractivity (Wildman–Crippen MR) is 114 cm³/mol. The molecular formula is C22H19N3O4S. The molecular weight excluding hydrogens is 402 g/mol. The van der Waals surface area contributed by atoms with Crippen LogP contribution in [0.3, 0.4) is 0 Å². The summed E-state index contributed by atoms with van der Waals surface area (Å²) in [7, 11) is -3.75. The number of anilines is 1. The van der Waals surface area contributed by atoms with Crippen molar-refractivity contribution in [2.24, 2.45) is 0 Å². The van der Waals surface area contributed by atoms with Gasteiger partial charge in [0.05, 0.1) is 16.9 Å². The standard InChI is InChI=1S/C22H19N3O4S/c1-15-10-11-23-14-20(15)16-6-8-17(9-7-16)24-30(28,29)13-12-25-21(26)18-4-2-3-5-19(18)22(25)27/h2-11,14,24H,12-13H2,1H3. The first kappa shape index (κ1) is 19.8. The number of rotatable bonds is 6. The molecule has 0 radical (unpaired) electrons. The van der Waals surface area contributed by atoms with Crippen LogP contribution in [0.25, 0.3) is 11.1 Å². The summed E-state index contributed by atoms with van der Waals surface area (Å²) in [6.07, 6.45) is 3.48. The molecule has 30 heavy (non-hydrogen) atoms. The van der Waals surface area contributed by atoms with E-state index in [1.54, 1.807) is 48.8 Å². The molecule has 0 spiro atoms. The molecule has 152 valence electrons. The minimum absolute atomic E-state index is 0.214. The third-order valence-corrected chi connectivity index (χ3v) is 6.24. The average Bonchev–Trinajstić information content (AvgIpc) is 2.98. The molecule has 0 saturated heterocycles. The minimum Gasteiger partial charge on any atom is -0.284 e. The van der Waals surface area contributed by atoms with Gasteiger partial charge in [0.2, 0.25) is 10.0 Å². The fraction of sp³-hybridized carbons (Fsp3) is 0.136. The molecule has 1 aromatic heterocycles. The van der Waals surface area contributed by atoms with Crippen molar-refractivity contribution in [1.82, 2.24) is 9.88 Å². The summed E-state index contributed by atoms with van der Waals surface area (Å²) >= 11 is 0. The Labute approximate surface area is 174 Å². The van der Waals surface area contributed by atoms with E-state index in [0.29, 0.717) is 16.8 Å². The van der Waals surface area contributed by atoms with Gasteiger partial charge in [0.25, 0.3) is 11.8 Å². The number of hydrogen-bond donors (Lipinski definition) is 1. The summed E-state index contributed by atoms with van der Waals surface area (Å²) in [6, 6.07) is 15.3. The maximum atomic E-state index is 12.5. The highest BCUT2D eigenvalue weighted by Crippen LogP contribution is 2.25. The van der Waals surface area contributed by atoms with Crippen LogP contribution in [0.2, 0.25) is 0 Å². The van der Waals surface area contributed by atoms with Gasteiger partial charge in [-0.1, -0.05) is 24.3 Å². The van der Waals surface area contributed by atoms with E-state index in [1.165, 1.54) is 0 Å². The van der Waals surface area contributed by atoms with Gasteiger partial charge in [0.1, 0.15) is 0 Å². The van der Waals surface area contributed by atoms with Crippen LogP contribution in [-0.2, 0) is 10.0 Å². The van der Waals surface area contributed by atoms with Crippen LogP contribution in [0, 0.1) is 6.92 Å². The van der Waals surface area contributed by atoms with Crippen molar-refractivity contribution in [3.05, 3.63) is 83.7 Å². The maximum absolute atomic E-state index is 12.5. The average molecular weight is 421 g/mol. The highest BCUT2D eigenvalue weighted by Gasteiger charge is 2.35. The number of sulfonamides is 1. The second kappa shape index (κ2) is 7.72. The van der Waals surface area contributed by atoms with Gasteiger partial charge in [0.15, 0.2) is 0 Å². The molecule has 1 aliphatic rings. The summed E-state index contributed by atoms with van der Waals surface area (Å²) < 4.78 is 27.5. The molecule has 0 bridgehead atoms. The first-order valence-electron chi connectivity index (χ1n) is 9.32. The maximum Gasteiger partial charge on any atom is 0.261 e. The van der Waals surface area contributed by atoms with Crippen LogP contribution in [0.15, 0.2) is 67.0 Å². The van der Waals surface area contributed by atoms with Crippen molar-refractivity contribution in [3.8, 4) is 11.1 Å². The van der Waals surface area contributed by atoms with Gasteiger partial charge in [-0.25, -0.2) is 8.42 Å². The fourth-order valence-corrected chi connectivity index (χ4v) is 4.39. The van der Waals surface area contributed by atoms with E-state index < -0.39 is 21.8 Å². The first-order valence-corrected chi connectivity index (χ1v) is 11.0. The van der Waals surface area contributed by atoms with Crippen molar-refractivity contribution in [2.45, 2.75) is 6.92 Å². The van der Waals surface area contributed by atoms with Gasteiger partial charge in [-0.15, -0.1) is 0 Å². The number of carbonyl (C=O) groups excluding carboxylic acids is 2. The second-order valence-corrected chi connectivity index (χ2v) is 8.84. The Hall–Kier alpha value is -3.52. The van der Waals surface area contributed by atoms with Crippen molar-refractivity contribution in [2.75, 3.05) is 17.0 Å². The van der Waals surface area contributed by atoms with Gasteiger partial charge < -0.3 is 0 Å². The molecule has 8 heteroatoms. The number of nitrogens with one attached hydrogen (secondary N) is 1. The molecule has 1 N–H and O–H groups in total. The molecule has 0 saturated carbocycles. The van der Waals surface area contributed by atoms with Crippen molar-refractivity contribution >= 4 is 27.5 Å². The lowest BCUT2D eigenvalue weighted by Crippen LogP contribution is -2.35. The number of imide groups is 1. The zero-order chi connectivity index (χ0) is 21.3. The zero-order valence-corrected chi connectivity index (χ0v) is 17.0. The topological polar surface area (TPSA) is 96.4 Å². The van der Waals surface area contributed by atoms with Crippen LogP contribution in [0.1, 0.15) is 26.3 Å². The molecule has 2 amide bonds. The summed E-state index contributed by atoms with van der Waals surface area (Å²) in [5.41, 5.74) is 3.97. The molecule has 4 rings (SSSR count). The Morgan fingerprint density at radius 2 is 1.53 bits per heavy atom. The Morgan fingerprint density at radius 1 is 0.900 bits per heavy atom. The lowest BCUT2D eigenvalue weighted by atomic mass is 10.0. The van der Waals surface area contributed by atoms with Gasteiger partial charge in [0, 0.05) is 30.2 Å². The lowest BCUT2D eigenvalue weighted by molar-refractivity contribution is 0.0664. The summed E-state index contributed by atoms with van der Waals surface area (Å²) in [5, 5.41) is 0. The van der Waals surface area contributed by atoms with Crippen LogP contribution >= 0.6 is 0 Å². The Kier molecular flexibility index (Phi) is 5.09. The number of pyridine rings is 1. The highest BCUT2D eigenvalue weighted by atomic mass is 32.2. The lowest BCUT2D eigenvalue weighted by Gasteiger charge is -2.15. The van der Waals surface area contributed by atoms with Crippen LogP contribution in [0.5, 0.6) is 0 Å². The van der Waals surface area contributed by atoms with Crippen molar-refractivity contribution < 1.29 is 18.0 Å². The smallest absolute Gasteiger partial charge is 0.261 e. The number of amides is 2. The molecule has 2 aromatic carbocycles. The number of aryl methyl sites for hydroxylation is 1. The van der Waals surface area contributed by atoms with E-state index in [2.05, 4.69) is 9.71 Å². The molecule has 3 aromatic rings. The second-order valence-electron chi connectivity index (χ2n) is 7.00. The van der Waals surface area contributed by atoms with E-state index in [9.17, 15) is 18.0 Å². The van der Waals surface area contributed by atoms with Gasteiger partial charge in [-0.2, -0.15) is 0 Å². The Balaban J connectivity index is 1.42. The molecule has 0 fully saturated rings. The summed E-state index contributed by atoms with van der Waals surface area (Å²) in [5.74, 6) is -1.33. The number of hydrogen-bond acceptors (Lipinski definition) is 5. The van der Waals surface area contributed by atoms with Crippen molar-refractivity contribution in [1.29, 1.82) is 0 Å². The number of benzene rings is 2. The molecule has 0 unspecified atom stereocenters. The summed E-state index contributed by atoms with van der Waals surface area (Å²) in [4.78, 5) is 29.8. The molecule has 0 aliphatic carbocycles. The predicted octanol–water partition coefficient (Wildman–Crippen LogP) is 3.09. The Morgan fingerprint density at radius 3 is 2.13 bits per heavy atom. The van der Waals surface area contributed by atoms with Crippen LogP contribution in [0.4, 0.5) is 5.69 Å². The largest absolute Gasteiger partial charge is 0.284 e. The summed E-state index contributed by atoms with van der Waals surface area (Å²) in [6.45, 7) is 1.77. The number of carbonyl (C=O) groups is 2. The van der Waals surface area contributed by atoms with E-state index in [0.717, 1.165) is 21.6 Å². The molecule has 1 aliphatic heterocycles. The monoisotopic (exact) mass is 421 g/mol. The van der Waals surface area contributed by atoms with Gasteiger partial charge in [-0.05, 0) is 48.4 Å². The van der Waals surface area contributed by atoms with Gasteiger partial charge >= 0.3 is 0 Å². The zero-order valence-electron chi connectivity index (χ0n) is 16.2. The van der Waals surface area contributed by atoms with E-state index in [4.69, 9.17) is 0 Å². The van der Waals surface area contributed by atoms with Crippen molar-refractivity contribution in [3.63, 3.8) is 0 Å². The fourth-order valence-electron chi connectivity index (χ4n) is 3.37. The van der Waals surface area contributed by atoms with Gasteiger partial charge in [-0.3, -0.25) is 24.2 Å². The van der Waals surface area contributed by atoms with Crippen LogP contribution in [-0.4, -0.2) is 42.4 Å². The quantitative estimate of drug-likeness (QED) is 0.617. The van der Waals surface area contributed by atoms with E-state index in [-0.39, 0.29) is 12.3 Å². The normalized spacial score (nSPS) is 13.4. The van der Waals surface area contributed by atoms with E-state index >= 15 is 0 Å². The van der Waals surface area contributed by atoms with E-state index in [1.807, 2.05) is 25.1 Å². The first-order chi connectivity index (χ1) is 14.4. The molecule has 7 nitrogen and oxygen atoms in total. The Bertz CT molecular complexity index is 1200.